The molecule has 2 heterocycles. The summed E-state index contributed by atoms with van der Waals surface area (Å²) in [5.74, 6) is -0.492. The van der Waals surface area contributed by atoms with Crippen LogP contribution in [0, 0.1) is 5.82 Å². The van der Waals surface area contributed by atoms with Gasteiger partial charge in [-0.2, -0.15) is 5.10 Å². The number of rotatable bonds is 6. The lowest BCUT2D eigenvalue weighted by atomic mass is 9.95. The summed E-state index contributed by atoms with van der Waals surface area (Å²) in [6.07, 6.45) is 8.69. The van der Waals surface area contributed by atoms with Crippen molar-refractivity contribution in [3.63, 3.8) is 0 Å². The van der Waals surface area contributed by atoms with Gasteiger partial charge >= 0.3 is 0 Å². The first-order valence-electron chi connectivity index (χ1n) is 10.6. The van der Waals surface area contributed by atoms with E-state index in [2.05, 4.69) is 20.4 Å². The Balaban J connectivity index is 1.83. The van der Waals surface area contributed by atoms with Crippen LogP contribution in [-0.2, 0) is 0 Å². The van der Waals surface area contributed by atoms with Crippen molar-refractivity contribution >= 4 is 18.1 Å². The monoisotopic (exact) mass is 436 g/mol. The van der Waals surface area contributed by atoms with E-state index in [1.807, 2.05) is 14.1 Å². The van der Waals surface area contributed by atoms with Gasteiger partial charge in [0.05, 0.1) is 11.3 Å². The molecule has 1 aliphatic rings. The number of aromatic nitrogens is 4. The van der Waals surface area contributed by atoms with Crippen molar-refractivity contribution in [1.29, 1.82) is 0 Å². The van der Waals surface area contributed by atoms with Crippen LogP contribution in [0.15, 0.2) is 36.7 Å². The molecule has 1 amide bonds. The van der Waals surface area contributed by atoms with E-state index in [-0.39, 0.29) is 28.7 Å². The fraction of sp³-hybridized carbons (Fsp3) is 0.348. The number of hydrogen-bond donors (Lipinski definition) is 1. The Labute approximate surface area is 185 Å². The average Bonchev–Trinajstić information content (AvgIpc) is 3.19. The number of carbonyl (C=O) groups is 2. The predicted octanol–water partition coefficient (Wildman–Crippen LogP) is 3.41. The van der Waals surface area contributed by atoms with E-state index >= 15 is 0 Å². The molecule has 1 N–H and O–H groups in total. The summed E-state index contributed by atoms with van der Waals surface area (Å²) in [6.45, 7) is 0. The number of halogens is 1. The van der Waals surface area contributed by atoms with E-state index < -0.39 is 11.7 Å². The third-order valence-corrected chi connectivity index (χ3v) is 5.59. The molecule has 1 aromatic carbocycles. The number of carbonyl (C=O) groups excluding carboxylic acids is 2. The Morgan fingerprint density at radius 1 is 1.16 bits per heavy atom. The minimum atomic E-state index is -0.529. The second-order valence-electron chi connectivity index (χ2n) is 8.07. The van der Waals surface area contributed by atoms with Gasteiger partial charge in [-0.1, -0.05) is 31.4 Å². The van der Waals surface area contributed by atoms with Crippen LogP contribution in [0.2, 0.25) is 0 Å². The van der Waals surface area contributed by atoms with Gasteiger partial charge in [0.1, 0.15) is 11.5 Å². The maximum Gasteiger partial charge on any atom is 0.272 e. The van der Waals surface area contributed by atoms with Crippen LogP contribution in [0.4, 0.5) is 10.3 Å². The highest BCUT2D eigenvalue weighted by atomic mass is 19.1. The van der Waals surface area contributed by atoms with Crippen LogP contribution >= 0.6 is 0 Å². The van der Waals surface area contributed by atoms with Crippen LogP contribution in [-0.4, -0.2) is 52.1 Å². The fourth-order valence-electron chi connectivity index (χ4n) is 3.96. The molecule has 0 bridgehead atoms. The first-order chi connectivity index (χ1) is 15.5. The Morgan fingerprint density at radius 2 is 1.84 bits per heavy atom. The highest BCUT2D eigenvalue weighted by Gasteiger charge is 2.27. The molecular weight excluding hydrogens is 411 g/mol. The van der Waals surface area contributed by atoms with E-state index in [4.69, 9.17) is 0 Å². The molecule has 0 saturated heterocycles. The number of aldehydes is 1. The molecule has 3 aromatic rings. The van der Waals surface area contributed by atoms with Crippen molar-refractivity contribution in [1.82, 2.24) is 25.1 Å². The summed E-state index contributed by atoms with van der Waals surface area (Å²) in [5.41, 5.74) is 0.872. The minimum absolute atomic E-state index is 0.0412. The van der Waals surface area contributed by atoms with Gasteiger partial charge in [-0.15, -0.1) is 0 Å². The Hall–Kier alpha value is -3.62. The van der Waals surface area contributed by atoms with Crippen molar-refractivity contribution in [3.05, 3.63) is 53.7 Å². The standard InChI is InChI=1S/C23H25FN6O2/c1-29(2)23-25-12-15(13-26-23)21-17(14-31)20(22(32)27-16-8-4-3-5-9-16)28-30(21)19-11-7-6-10-18(19)24/h6-7,10-14,16H,3-5,8-9H2,1-2H3,(H,27,32). The minimum Gasteiger partial charge on any atom is -0.348 e. The van der Waals surface area contributed by atoms with Crippen molar-refractivity contribution in [2.45, 2.75) is 38.1 Å². The molecule has 0 atom stereocenters. The number of anilines is 1. The van der Waals surface area contributed by atoms with Gasteiger partial charge < -0.3 is 10.2 Å². The zero-order valence-corrected chi connectivity index (χ0v) is 18.1. The molecule has 166 valence electrons. The molecule has 1 fully saturated rings. The smallest absolute Gasteiger partial charge is 0.272 e. The van der Waals surface area contributed by atoms with Gasteiger partial charge in [0.25, 0.3) is 5.91 Å². The summed E-state index contributed by atoms with van der Waals surface area (Å²) in [4.78, 5) is 35.6. The van der Waals surface area contributed by atoms with Gasteiger partial charge in [-0.25, -0.2) is 19.0 Å². The third kappa shape index (κ3) is 4.23. The van der Waals surface area contributed by atoms with Crippen molar-refractivity contribution in [3.8, 4) is 16.9 Å². The largest absolute Gasteiger partial charge is 0.348 e. The SMILES string of the molecule is CN(C)c1ncc(-c2c(C=O)c(C(=O)NC3CCCCC3)nn2-c2ccccc2F)cn1. The summed E-state index contributed by atoms with van der Waals surface area (Å²) in [6, 6.07) is 6.11. The molecule has 0 aliphatic heterocycles. The van der Waals surface area contributed by atoms with E-state index in [0.29, 0.717) is 17.8 Å². The molecule has 0 unspecified atom stereocenters. The first-order valence-corrected chi connectivity index (χ1v) is 10.6. The predicted molar refractivity (Wildman–Crippen MR) is 119 cm³/mol. The normalized spacial score (nSPS) is 14.2. The van der Waals surface area contributed by atoms with Gasteiger partial charge in [-0.05, 0) is 25.0 Å². The Bertz CT molecular complexity index is 1120. The summed E-state index contributed by atoms with van der Waals surface area (Å²) in [7, 11) is 3.62. The molecule has 1 saturated carbocycles. The number of para-hydroxylation sites is 1. The number of benzene rings is 1. The fourth-order valence-corrected chi connectivity index (χ4v) is 3.96. The van der Waals surface area contributed by atoms with E-state index in [9.17, 15) is 14.0 Å². The lowest BCUT2D eigenvalue weighted by Crippen LogP contribution is -2.36. The number of hydrogen-bond acceptors (Lipinski definition) is 6. The molecule has 9 heteroatoms. The van der Waals surface area contributed by atoms with Crippen LogP contribution < -0.4 is 10.2 Å². The molecule has 4 rings (SSSR count). The Kier molecular flexibility index (Phi) is 6.25. The van der Waals surface area contributed by atoms with Gasteiger partial charge in [0.15, 0.2) is 12.0 Å². The molecule has 8 nitrogen and oxygen atoms in total. The van der Waals surface area contributed by atoms with Crippen LogP contribution in [0.5, 0.6) is 0 Å². The molecule has 2 aromatic heterocycles. The average molecular weight is 436 g/mol. The van der Waals surface area contributed by atoms with Crippen LogP contribution in [0.25, 0.3) is 16.9 Å². The maximum absolute atomic E-state index is 14.7. The van der Waals surface area contributed by atoms with Gasteiger partial charge in [0, 0.05) is 38.1 Å². The molecule has 0 radical (unpaired) electrons. The second kappa shape index (κ2) is 9.25. The van der Waals surface area contributed by atoms with Crippen molar-refractivity contribution in [2.24, 2.45) is 0 Å². The third-order valence-electron chi connectivity index (χ3n) is 5.59. The molecular formula is C23H25FN6O2. The van der Waals surface area contributed by atoms with Gasteiger partial charge in [0.2, 0.25) is 5.95 Å². The molecule has 32 heavy (non-hydrogen) atoms. The summed E-state index contributed by atoms with van der Waals surface area (Å²) in [5, 5.41) is 7.37. The van der Waals surface area contributed by atoms with E-state index in [1.165, 1.54) is 29.2 Å². The Morgan fingerprint density at radius 3 is 2.47 bits per heavy atom. The summed E-state index contributed by atoms with van der Waals surface area (Å²) >= 11 is 0. The zero-order chi connectivity index (χ0) is 22.7. The topological polar surface area (TPSA) is 93.0 Å². The molecule has 1 aliphatic carbocycles. The summed E-state index contributed by atoms with van der Waals surface area (Å²) < 4.78 is 16.0. The van der Waals surface area contributed by atoms with E-state index in [1.54, 1.807) is 17.0 Å². The zero-order valence-electron chi connectivity index (χ0n) is 18.1. The van der Waals surface area contributed by atoms with Crippen LogP contribution in [0.3, 0.4) is 0 Å². The first kappa shape index (κ1) is 21.6. The van der Waals surface area contributed by atoms with Crippen LogP contribution in [0.1, 0.15) is 53.0 Å². The number of nitrogens with one attached hydrogen (secondary N) is 1. The van der Waals surface area contributed by atoms with Gasteiger partial charge in [-0.3, -0.25) is 9.59 Å². The molecule has 0 spiro atoms. The lowest BCUT2D eigenvalue weighted by Gasteiger charge is -2.22. The highest BCUT2D eigenvalue weighted by Crippen LogP contribution is 2.29. The van der Waals surface area contributed by atoms with Crippen molar-refractivity contribution in [2.75, 3.05) is 19.0 Å². The van der Waals surface area contributed by atoms with E-state index in [0.717, 1.165) is 32.1 Å². The quantitative estimate of drug-likeness (QED) is 0.596. The maximum atomic E-state index is 14.7. The van der Waals surface area contributed by atoms with Crippen molar-refractivity contribution < 1.29 is 14.0 Å². The number of amides is 1. The number of nitrogens with zero attached hydrogens (tertiary/aromatic N) is 5. The lowest BCUT2D eigenvalue weighted by molar-refractivity contribution is 0.0917. The highest BCUT2D eigenvalue weighted by molar-refractivity contribution is 6.03. The second-order valence-corrected chi connectivity index (χ2v) is 8.07.